The number of thioether (sulfide) groups is 1. The van der Waals surface area contributed by atoms with Crippen LogP contribution >= 0.6 is 23.4 Å². The standard InChI is InChI=1S/C12H16ClNOS/c13-10-3-1-2-9(6-10)7-11(14)12-8-16-5-4-15-12/h1-3,6,11-12H,4-5,7-8,14H2. The van der Waals surface area contributed by atoms with E-state index >= 15 is 0 Å². The fourth-order valence-corrected chi connectivity index (χ4v) is 2.99. The zero-order valence-electron chi connectivity index (χ0n) is 9.06. The molecule has 2 unspecified atom stereocenters. The molecule has 88 valence electrons. The molecule has 2 nitrogen and oxygen atoms in total. The van der Waals surface area contributed by atoms with E-state index in [0.29, 0.717) is 0 Å². The van der Waals surface area contributed by atoms with Crippen molar-refractivity contribution in [2.75, 3.05) is 18.1 Å². The highest BCUT2D eigenvalue weighted by molar-refractivity contribution is 7.99. The van der Waals surface area contributed by atoms with Crippen molar-refractivity contribution in [2.24, 2.45) is 5.73 Å². The fourth-order valence-electron chi connectivity index (χ4n) is 1.82. The SMILES string of the molecule is NC(Cc1cccc(Cl)c1)C1CSCCO1. The van der Waals surface area contributed by atoms with Gasteiger partial charge in [0.05, 0.1) is 12.7 Å². The number of rotatable bonds is 3. The molecule has 0 saturated carbocycles. The van der Waals surface area contributed by atoms with Gasteiger partial charge in [-0.05, 0) is 24.1 Å². The summed E-state index contributed by atoms with van der Waals surface area (Å²) in [7, 11) is 0. The van der Waals surface area contributed by atoms with Crippen LogP contribution in [0.15, 0.2) is 24.3 Å². The van der Waals surface area contributed by atoms with Crippen LogP contribution in [0, 0.1) is 0 Å². The molecule has 0 spiro atoms. The molecule has 1 aliphatic rings. The molecule has 16 heavy (non-hydrogen) atoms. The first-order valence-electron chi connectivity index (χ1n) is 5.45. The number of halogens is 1. The van der Waals surface area contributed by atoms with Crippen LogP contribution in [0.2, 0.25) is 5.02 Å². The molecule has 1 aromatic rings. The van der Waals surface area contributed by atoms with Crippen LogP contribution in [0.1, 0.15) is 5.56 Å². The first kappa shape index (κ1) is 12.2. The second-order valence-electron chi connectivity index (χ2n) is 3.98. The zero-order chi connectivity index (χ0) is 11.4. The Hall–Kier alpha value is -0.220. The number of ether oxygens (including phenoxy) is 1. The van der Waals surface area contributed by atoms with E-state index in [9.17, 15) is 0 Å². The van der Waals surface area contributed by atoms with Crippen molar-refractivity contribution in [1.82, 2.24) is 0 Å². The average molecular weight is 258 g/mol. The van der Waals surface area contributed by atoms with E-state index < -0.39 is 0 Å². The molecule has 1 aliphatic heterocycles. The lowest BCUT2D eigenvalue weighted by Crippen LogP contribution is -2.42. The lowest BCUT2D eigenvalue weighted by Gasteiger charge is -2.27. The Morgan fingerprint density at radius 2 is 2.44 bits per heavy atom. The Kier molecular flexibility index (Phi) is 4.53. The Morgan fingerprint density at radius 3 is 3.12 bits per heavy atom. The molecular weight excluding hydrogens is 242 g/mol. The zero-order valence-corrected chi connectivity index (χ0v) is 10.6. The van der Waals surface area contributed by atoms with Crippen LogP contribution in [-0.4, -0.2) is 30.3 Å². The van der Waals surface area contributed by atoms with Gasteiger partial charge in [0.1, 0.15) is 0 Å². The average Bonchev–Trinajstić information content (AvgIpc) is 2.30. The number of hydrogen-bond donors (Lipinski definition) is 1. The molecule has 2 atom stereocenters. The summed E-state index contributed by atoms with van der Waals surface area (Å²) in [6.07, 6.45) is 1.00. The summed E-state index contributed by atoms with van der Waals surface area (Å²) in [5.74, 6) is 2.09. The van der Waals surface area contributed by atoms with Gasteiger partial charge >= 0.3 is 0 Å². The van der Waals surface area contributed by atoms with Gasteiger partial charge in [-0.25, -0.2) is 0 Å². The number of benzene rings is 1. The summed E-state index contributed by atoms with van der Waals surface area (Å²) in [6.45, 7) is 0.818. The van der Waals surface area contributed by atoms with Crippen molar-refractivity contribution in [3.63, 3.8) is 0 Å². The minimum atomic E-state index is 0.0614. The second kappa shape index (κ2) is 5.92. The molecule has 1 saturated heterocycles. The molecule has 2 rings (SSSR count). The van der Waals surface area contributed by atoms with Gasteiger partial charge in [-0.2, -0.15) is 11.8 Å². The molecule has 2 N–H and O–H groups in total. The highest BCUT2D eigenvalue weighted by atomic mass is 35.5. The van der Waals surface area contributed by atoms with Crippen molar-refractivity contribution in [1.29, 1.82) is 0 Å². The van der Waals surface area contributed by atoms with Crippen LogP contribution in [0.3, 0.4) is 0 Å². The van der Waals surface area contributed by atoms with E-state index in [4.69, 9.17) is 22.1 Å². The Balaban J connectivity index is 1.93. The summed E-state index contributed by atoms with van der Waals surface area (Å²) in [5, 5.41) is 0.767. The Labute approximate surface area is 105 Å². The maximum Gasteiger partial charge on any atom is 0.0819 e. The molecule has 0 aromatic heterocycles. The summed E-state index contributed by atoms with van der Waals surface area (Å²) < 4.78 is 5.66. The van der Waals surface area contributed by atoms with Gasteiger partial charge in [-0.3, -0.25) is 0 Å². The molecule has 0 aliphatic carbocycles. The van der Waals surface area contributed by atoms with Gasteiger partial charge in [0.15, 0.2) is 0 Å². The van der Waals surface area contributed by atoms with Crippen molar-refractivity contribution < 1.29 is 4.74 Å². The first-order chi connectivity index (χ1) is 7.75. The minimum absolute atomic E-state index is 0.0614. The van der Waals surface area contributed by atoms with Crippen molar-refractivity contribution >= 4 is 23.4 Å². The third-order valence-corrected chi connectivity index (χ3v) is 3.93. The third kappa shape index (κ3) is 3.39. The molecule has 1 heterocycles. The normalized spacial score (nSPS) is 23.0. The van der Waals surface area contributed by atoms with Gasteiger partial charge < -0.3 is 10.5 Å². The van der Waals surface area contributed by atoms with Gasteiger partial charge in [0, 0.05) is 22.6 Å². The highest BCUT2D eigenvalue weighted by Crippen LogP contribution is 2.18. The van der Waals surface area contributed by atoms with Crippen molar-refractivity contribution in [2.45, 2.75) is 18.6 Å². The first-order valence-corrected chi connectivity index (χ1v) is 6.98. The lowest BCUT2D eigenvalue weighted by molar-refractivity contribution is 0.0572. The van der Waals surface area contributed by atoms with E-state index in [2.05, 4.69) is 6.07 Å². The van der Waals surface area contributed by atoms with E-state index in [1.807, 2.05) is 30.0 Å². The Bertz CT molecular complexity index is 342. The van der Waals surface area contributed by atoms with Crippen LogP contribution in [0.4, 0.5) is 0 Å². The quantitative estimate of drug-likeness (QED) is 0.903. The topological polar surface area (TPSA) is 35.2 Å². The highest BCUT2D eigenvalue weighted by Gasteiger charge is 2.21. The van der Waals surface area contributed by atoms with Gasteiger partial charge in [0.2, 0.25) is 0 Å². The largest absolute Gasteiger partial charge is 0.375 e. The number of nitrogens with two attached hydrogens (primary N) is 1. The van der Waals surface area contributed by atoms with E-state index in [0.717, 1.165) is 29.6 Å². The fraction of sp³-hybridized carbons (Fsp3) is 0.500. The van der Waals surface area contributed by atoms with Crippen molar-refractivity contribution in [3.8, 4) is 0 Å². The summed E-state index contributed by atoms with van der Waals surface area (Å²) in [5.41, 5.74) is 7.33. The van der Waals surface area contributed by atoms with Crippen LogP contribution in [0.25, 0.3) is 0 Å². The molecule has 4 heteroatoms. The predicted molar refractivity (Wildman–Crippen MR) is 70.2 cm³/mol. The summed E-state index contributed by atoms with van der Waals surface area (Å²) in [4.78, 5) is 0. The van der Waals surface area contributed by atoms with Gasteiger partial charge in [0.25, 0.3) is 0 Å². The van der Waals surface area contributed by atoms with Crippen LogP contribution in [-0.2, 0) is 11.2 Å². The van der Waals surface area contributed by atoms with E-state index in [1.165, 1.54) is 5.56 Å². The smallest absolute Gasteiger partial charge is 0.0819 e. The van der Waals surface area contributed by atoms with Crippen LogP contribution < -0.4 is 5.73 Å². The van der Waals surface area contributed by atoms with Crippen molar-refractivity contribution in [3.05, 3.63) is 34.9 Å². The second-order valence-corrected chi connectivity index (χ2v) is 5.57. The molecular formula is C12H16ClNOS. The molecule has 0 bridgehead atoms. The third-order valence-electron chi connectivity index (χ3n) is 2.68. The molecule has 1 aromatic carbocycles. The van der Waals surface area contributed by atoms with Crippen LogP contribution in [0.5, 0.6) is 0 Å². The monoisotopic (exact) mass is 257 g/mol. The predicted octanol–water partition coefficient (Wildman–Crippen LogP) is 2.34. The van der Waals surface area contributed by atoms with E-state index in [-0.39, 0.29) is 12.1 Å². The lowest BCUT2D eigenvalue weighted by atomic mass is 10.0. The summed E-state index contributed by atoms with van der Waals surface area (Å²) >= 11 is 7.85. The molecule has 0 amide bonds. The minimum Gasteiger partial charge on any atom is -0.375 e. The maximum atomic E-state index is 6.15. The maximum absolute atomic E-state index is 6.15. The molecule has 0 radical (unpaired) electrons. The molecule has 1 fully saturated rings. The van der Waals surface area contributed by atoms with E-state index in [1.54, 1.807) is 0 Å². The van der Waals surface area contributed by atoms with Gasteiger partial charge in [-0.1, -0.05) is 23.7 Å². The van der Waals surface area contributed by atoms with Gasteiger partial charge in [-0.15, -0.1) is 0 Å². The Morgan fingerprint density at radius 1 is 1.56 bits per heavy atom. The number of hydrogen-bond acceptors (Lipinski definition) is 3. The summed E-state index contributed by atoms with van der Waals surface area (Å²) in [6, 6.07) is 7.93.